The Hall–Kier alpha value is -1.81. The van der Waals surface area contributed by atoms with E-state index in [1.165, 1.54) is 0 Å². The summed E-state index contributed by atoms with van der Waals surface area (Å²) in [6.07, 6.45) is 1.99. The van der Waals surface area contributed by atoms with E-state index in [9.17, 15) is 9.90 Å². The number of ether oxygens (including phenoxy) is 1. The van der Waals surface area contributed by atoms with Crippen molar-refractivity contribution in [1.82, 2.24) is 5.32 Å². The lowest BCUT2D eigenvalue weighted by Crippen LogP contribution is -2.34. The number of amides is 1. The molecule has 1 rings (SSSR count). The molecule has 4 heteroatoms. The number of hydrogen-bond acceptors (Lipinski definition) is 3. The number of carbonyl (C=O) groups is 1. The first kappa shape index (κ1) is 14.3. The zero-order valence-electron chi connectivity index (χ0n) is 10.6. The third-order valence-electron chi connectivity index (χ3n) is 2.44. The molecule has 1 atom stereocenters. The first-order valence-corrected chi connectivity index (χ1v) is 5.91. The van der Waals surface area contributed by atoms with Gasteiger partial charge in [-0.15, -0.1) is 6.58 Å². The zero-order chi connectivity index (χ0) is 13.4. The standard InChI is InChI=1S/C14H19NO3/c1-3-4-8-18-11(2)14(17)15-10-12-6-5-7-13(16)9-12/h3,5-7,9,11,16H,1,4,8,10H2,2H3,(H,15,17). The van der Waals surface area contributed by atoms with Crippen molar-refractivity contribution < 1.29 is 14.6 Å². The summed E-state index contributed by atoms with van der Waals surface area (Å²) in [7, 11) is 0. The predicted molar refractivity (Wildman–Crippen MR) is 70.2 cm³/mol. The minimum absolute atomic E-state index is 0.164. The number of phenols is 1. The van der Waals surface area contributed by atoms with Crippen molar-refractivity contribution in [3.63, 3.8) is 0 Å². The molecule has 0 aliphatic heterocycles. The molecular formula is C14H19NO3. The van der Waals surface area contributed by atoms with E-state index < -0.39 is 6.10 Å². The molecule has 0 heterocycles. The third-order valence-corrected chi connectivity index (χ3v) is 2.44. The average molecular weight is 249 g/mol. The van der Waals surface area contributed by atoms with Crippen molar-refractivity contribution >= 4 is 5.91 Å². The van der Waals surface area contributed by atoms with Crippen LogP contribution < -0.4 is 5.32 Å². The highest BCUT2D eigenvalue weighted by molar-refractivity contribution is 5.80. The van der Waals surface area contributed by atoms with Crippen LogP contribution in [0.3, 0.4) is 0 Å². The Labute approximate surface area is 107 Å². The molecule has 0 aromatic heterocycles. The monoisotopic (exact) mass is 249 g/mol. The minimum atomic E-state index is -0.484. The molecule has 1 amide bonds. The van der Waals surface area contributed by atoms with Gasteiger partial charge in [0.05, 0.1) is 6.61 Å². The predicted octanol–water partition coefficient (Wildman–Crippen LogP) is 1.99. The second kappa shape index (κ2) is 7.50. The van der Waals surface area contributed by atoms with Gasteiger partial charge in [0.1, 0.15) is 11.9 Å². The van der Waals surface area contributed by atoms with Gasteiger partial charge in [-0.05, 0) is 31.0 Å². The van der Waals surface area contributed by atoms with Gasteiger partial charge in [0.2, 0.25) is 5.91 Å². The van der Waals surface area contributed by atoms with Crippen LogP contribution in [0.25, 0.3) is 0 Å². The largest absolute Gasteiger partial charge is 0.508 e. The van der Waals surface area contributed by atoms with Crippen molar-refractivity contribution in [2.45, 2.75) is 26.0 Å². The van der Waals surface area contributed by atoms with Gasteiger partial charge < -0.3 is 15.2 Å². The Morgan fingerprint density at radius 2 is 2.39 bits per heavy atom. The molecule has 0 fully saturated rings. The summed E-state index contributed by atoms with van der Waals surface area (Å²) in [6, 6.07) is 6.78. The van der Waals surface area contributed by atoms with Crippen LogP contribution in [0.5, 0.6) is 5.75 Å². The van der Waals surface area contributed by atoms with Gasteiger partial charge in [0.15, 0.2) is 0 Å². The fourth-order valence-electron chi connectivity index (χ4n) is 1.40. The molecule has 18 heavy (non-hydrogen) atoms. The van der Waals surface area contributed by atoms with E-state index >= 15 is 0 Å². The molecule has 2 N–H and O–H groups in total. The van der Waals surface area contributed by atoms with E-state index in [2.05, 4.69) is 11.9 Å². The first-order valence-electron chi connectivity index (χ1n) is 5.91. The Bertz CT molecular complexity index is 404. The molecule has 0 spiro atoms. The molecule has 0 bridgehead atoms. The van der Waals surface area contributed by atoms with Crippen molar-refractivity contribution in [2.75, 3.05) is 6.61 Å². The Balaban J connectivity index is 2.34. The van der Waals surface area contributed by atoms with Crippen molar-refractivity contribution in [1.29, 1.82) is 0 Å². The highest BCUT2D eigenvalue weighted by Gasteiger charge is 2.12. The van der Waals surface area contributed by atoms with Crippen molar-refractivity contribution in [3.05, 3.63) is 42.5 Å². The molecule has 0 saturated heterocycles. The molecule has 0 saturated carbocycles. The maximum Gasteiger partial charge on any atom is 0.249 e. The number of rotatable bonds is 7. The number of benzene rings is 1. The first-order chi connectivity index (χ1) is 8.63. The highest BCUT2D eigenvalue weighted by atomic mass is 16.5. The number of aromatic hydroxyl groups is 1. The van der Waals surface area contributed by atoms with E-state index in [0.717, 1.165) is 12.0 Å². The van der Waals surface area contributed by atoms with E-state index in [4.69, 9.17) is 4.74 Å². The second-order valence-corrected chi connectivity index (χ2v) is 3.98. The Morgan fingerprint density at radius 1 is 1.61 bits per heavy atom. The van der Waals surface area contributed by atoms with Crippen molar-refractivity contribution in [3.8, 4) is 5.75 Å². The Morgan fingerprint density at radius 3 is 3.06 bits per heavy atom. The molecule has 1 unspecified atom stereocenters. The van der Waals surface area contributed by atoms with Crippen LogP contribution in [-0.2, 0) is 16.1 Å². The van der Waals surface area contributed by atoms with Crippen LogP contribution in [0.4, 0.5) is 0 Å². The molecule has 1 aromatic carbocycles. The van der Waals surface area contributed by atoms with E-state index in [-0.39, 0.29) is 11.7 Å². The molecule has 0 aliphatic carbocycles. The van der Waals surface area contributed by atoms with Crippen LogP contribution in [0.15, 0.2) is 36.9 Å². The molecule has 0 aliphatic rings. The van der Waals surface area contributed by atoms with E-state index in [1.807, 2.05) is 6.07 Å². The molecule has 4 nitrogen and oxygen atoms in total. The second-order valence-electron chi connectivity index (χ2n) is 3.98. The quantitative estimate of drug-likeness (QED) is 0.574. The number of phenolic OH excluding ortho intramolecular Hbond substituents is 1. The number of carbonyl (C=O) groups excluding carboxylic acids is 1. The van der Waals surface area contributed by atoms with Gasteiger partial charge in [-0.2, -0.15) is 0 Å². The molecular weight excluding hydrogens is 230 g/mol. The highest BCUT2D eigenvalue weighted by Crippen LogP contribution is 2.10. The smallest absolute Gasteiger partial charge is 0.249 e. The summed E-state index contributed by atoms with van der Waals surface area (Å²) in [4.78, 5) is 11.7. The fraction of sp³-hybridized carbons (Fsp3) is 0.357. The van der Waals surface area contributed by atoms with Crippen LogP contribution in [0.2, 0.25) is 0 Å². The van der Waals surface area contributed by atoms with Gasteiger partial charge in [-0.25, -0.2) is 0 Å². The van der Waals surface area contributed by atoms with Crippen molar-refractivity contribution in [2.24, 2.45) is 0 Å². The summed E-state index contributed by atoms with van der Waals surface area (Å²) in [5, 5.41) is 12.0. The minimum Gasteiger partial charge on any atom is -0.508 e. The maximum absolute atomic E-state index is 11.7. The summed E-state index contributed by atoms with van der Waals surface area (Å²) < 4.78 is 5.32. The van der Waals surface area contributed by atoms with E-state index in [1.54, 1.807) is 31.2 Å². The molecule has 0 radical (unpaired) electrons. The summed E-state index contributed by atoms with van der Waals surface area (Å²) in [5.74, 6) is 0.0273. The number of hydrogen-bond donors (Lipinski definition) is 2. The lowest BCUT2D eigenvalue weighted by atomic mass is 10.2. The SMILES string of the molecule is C=CCCOC(C)C(=O)NCc1cccc(O)c1. The fourth-order valence-corrected chi connectivity index (χ4v) is 1.40. The number of nitrogens with one attached hydrogen (secondary N) is 1. The van der Waals surface area contributed by atoms with Gasteiger partial charge in [-0.1, -0.05) is 18.2 Å². The zero-order valence-corrected chi connectivity index (χ0v) is 10.6. The van der Waals surface area contributed by atoms with Crippen LogP contribution >= 0.6 is 0 Å². The van der Waals surface area contributed by atoms with Gasteiger partial charge in [-0.3, -0.25) is 4.79 Å². The average Bonchev–Trinajstić information content (AvgIpc) is 2.36. The molecule has 98 valence electrons. The Kier molecular flexibility index (Phi) is 5.94. The summed E-state index contributed by atoms with van der Waals surface area (Å²) in [6.45, 7) is 6.16. The molecule has 1 aromatic rings. The summed E-state index contributed by atoms with van der Waals surface area (Å²) in [5.41, 5.74) is 0.849. The van der Waals surface area contributed by atoms with E-state index in [0.29, 0.717) is 13.2 Å². The lowest BCUT2D eigenvalue weighted by molar-refractivity contribution is -0.131. The van der Waals surface area contributed by atoms with Gasteiger partial charge in [0, 0.05) is 6.54 Å². The van der Waals surface area contributed by atoms with Gasteiger partial charge in [0.25, 0.3) is 0 Å². The maximum atomic E-state index is 11.7. The van der Waals surface area contributed by atoms with Gasteiger partial charge >= 0.3 is 0 Å². The van der Waals surface area contributed by atoms with Crippen LogP contribution in [0, 0.1) is 0 Å². The topological polar surface area (TPSA) is 58.6 Å². The summed E-state index contributed by atoms with van der Waals surface area (Å²) >= 11 is 0. The third kappa shape index (κ3) is 5.01. The van der Waals surface area contributed by atoms with Crippen LogP contribution in [-0.4, -0.2) is 23.7 Å². The normalized spacial score (nSPS) is 11.8. The van der Waals surface area contributed by atoms with Crippen LogP contribution in [0.1, 0.15) is 18.9 Å². The lowest BCUT2D eigenvalue weighted by Gasteiger charge is -2.12.